The molecule has 0 amide bonds. The lowest BCUT2D eigenvalue weighted by Gasteiger charge is -2.35. The fraction of sp³-hybridized carbons (Fsp3) is 0.348. The monoisotopic (exact) mass is 473 g/mol. The Hall–Kier alpha value is -3.04. The first-order valence-corrected chi connectivity index (χ1v) is 11.2. The minimum absolute atomic E-state index is 0.172. The van der Waals surface area contributed by atoms with Gasteiger partial charge in [-0.25, -0.2) is 13.5 Å². The Balaban J connectivity index is 1.41. The van der Waals surface area contributed by atoms with Crippen molar-refractivity contribution in [3.05, 3.63) is 64.6 Å². The molecule has 0 spiro atoms. The van der Waals surface area contributed by atoms with Gasteiger partial charge in [-0.3, -0.25) is 4.90 Å². The Morgan fingerprint density at radius 3 is 2.39 bits per heavy atom. The number of anilines is 2. The van der Waals surface area contributed by atoms with Crippen LogP contribution in [0.4, 0.5) is 20.3 Å². The van der Waals surface area contributed by atoms with Gasteiger partial charge in [0, 0.05) is 56.1 Å². The highest BCUT2D eigenvalue weighted by molar-refractivity contribution is 6.29. The maximum absolute atomic E-state index is 13.5. The quantitative estimate of drug-likeness (QED) is 0.542. The third-order valence-electron chi connectivity index (χ3n) is 5.52. The Morgan fingerprint density at radius 2 is 1.76 bits per heavy atom. The second kappa shape index (κ2) is 9.84. The molecule has 1 aromatic carbocycles. The van der Waals surface area contributed by atoms with E-state index in [4.69, 9.17) is 17.3 Å². The van der Waals surface area contributed by atoms with Crippen molar-refractivity contribution in [1.29, 1.82) is 0 Å². The normalized spacial score (nSPS) is 15.2. The summed E-state index contributed by atoms with van der Waals surface area (Å²) in [5.41, 5.74) is 8.34. The summed E-state index contributed by atoms with van der Waals surface area (Å²) in [5.74, 6) is -0.308. The van der Waals surface area contributed by atoms with Gasteiger partial charge in [0.1, 0.15) is 22.6 Å². The second-order valence-electron chi connectivity index (χ2n) is 8.28. The molecule has 0 saturated carbocycles. The zero-order valence-corrected chi connectivity index (χ0v) is 19.3. The van der Waals surface area contributed by atoms with Crippen molar-refractivity contribution in [3.63, 3.8) is 0 Å². The van der Waals surface area contributed by atoms with Crippen molar-refractivity contribution in [1.82, 2.24) is 24.6 Å². The third kappa shape index (κ3) is 5.48. The van der Waals surface area contributed by atoms with E-state index in [9.17, 15) is 8.78 Å². The minimum Gasteiger partial charge on any atom is -0.383 e. The van der Waals surface area contributed by atoms with E-state index in [1.807, 2.05) is 11.0 Å². The number of rotatable bonds is 6. The smallest absolute Gasteiger partial charge is 0.254 e. The molecule has 7 nitrogen and oxygen atoms in total. The van der Waals surface area contributed by atoms with E-state index in [1.54, 1.807) is 10.9 Å². The Kier molecular flexibility index (Phi) is 6.90. The Bertz CT molecular complexity index is 1110. The fourth-order valence-corrected chi connectivity index (χ4v) is 4.18. The lowest BCUT2D eigenvalue weighted by atomic mass is 10.1. The van der Waals surface area contributed by atoms with Crippen LogP contribution in [0.25, 0.3) is 12.0 Å². The largest absolute Gasteiger partial charge is 0.383 e. The number of nitrogen functional groups attached to an aromatic ring is 1. The van der Waals surface area contributed by atoms with Crippen LogP contribution in [-0.4, -0.2) is 57.4 Å². The highest BCUT2D eigenvalue weighted by Gasteiger charge is 2.19. The summed E-state index contributed by atoms with van der Waals surface area (Å²) in [7, 11) is 0. The lowest BCUT2D eigenvalue weighted by Crippen LogP contribution is -2.46. The molecule has 1 aliphatic heterocycles. The number of benzene rings is 1. The molecule has 0 aliphatic carbocycles. The van der Waals surface area contributed by atoms with Gasteiger partial charge in [-0.05, 0) is 18.1 Å². The van der Waals surface area contributed by atoms with Gasteiger partial charge in [-0.15, -0.1) is 0 Å². The minimum atomic E-state index is -0.553. The molecule has 1 fully saturated rings. The van der Waals surface area contributed by atoms with Gasteiger partial charge in [-0.2, -0.15) is 15.1 Å². The van der Waals surface area contributed by atoms with Crippen molar-refractivity contribution in [2.24, 2.45) is 0 Å². The van der Waals surface area contributed by atoms with Crippen LogP contribution in [0, 0.1) is 11.6 Å². The van der Waals surface area contributed by atoms with Gasteiger partial charge in [0.2, 0.25) is 0 Å². The van der Waals surface area contributed by atoms with Crippen LogP contribution in [0.1, 0.15) is 31.0 Å². The van der Waals surface area contributed by atoms with Crippen LogP contribution in [0.5, 0.6) is 0 Å². The molecule has 3 aromatic rings. The molecule has 1 saturated heterocycles. The molecular weight excluding hydrogens is 448 g/mol. The zero-order valence-electron chi connectivity index (χ0n) is 18.5. The van der Waals surface area contributed by atoms with Crippen molar-refractivity contribution < 1.29 is 8.78 Å². The van der Waals surface area contributed by atoms with E-state index >= 15 is 0 Å². The van der Waals surface area contributed by atoms with Gasteiger partial charge in [0.25, 0.3) is 5.95 Å². The molecule has 0 unspecified atom stereocenters. The molecule has 33 heavy (non-hydrogen) atoms. The standard InChI is InChI=1S/C23H26ClF2N7/c1-15(2)22-16(14-28-33(22)23-29-20(24)13-21(27)30-23)4-3-5-31-6-8-32(9-7-31)19-11-17(25)10-18(26)12-19/h3-4,10-15H,5-9H2,1-2H3,(H2,27,29,30). The maximum Gasteiger partial charge on any atom is 0.254 e. The summed E-state index contributed by atoms with van der Waals surface area (Å²) in [6.45, 7) is 7.93. The summed E-state index contributed by atoms with van der Waals surface area (Å²) in [4.78, 5) is 12.8. The lowest BCUT2D eigenvalue weighted by molar-refractivity contribution is 0.284. The molecular formula is C23H26ClF2N7. The van der Waals surface area contributed by atoms with Crippen LogP contribution in [0.2, 0.25) is 5.15 Å². The van der Waals surface area contributed by atoms with Gasteiger partial charge >= 0.3 is 0 Å². The first-order valence-electron chi connectivity index (χ1n) is 10.8. The van der Waals surface area contributed by atoms with Crippen LogP contribution in [0.15, 0.2) is 36.5 Å². The Morgan fingerprint density at radius 1 is 1.06 bits per heavy atom. The maximum atomic E-state index is 13.5. The van der Waals surface area contributed by atoms with Gasteiger partial charge in [-0.1, -0.05) is 37.6 Å². The summed E-state index contributed by atoms with van der Waals surface area (Å²) >= 11 is 6.04. The van der Waals surface area contributed by atoms with Gasteiger partial charge < -0.3 is 10.6 Å². The first-order chi connectivity index (χ1) is 15.8. The van der Waals surface area contributed by atoms with Crippen LogP contribution >= 0.6 is 11.6 Å². The number of nitrogens with two attached hydrogens (primary N) is 1. The highest BCUT2D eigenvalue weighted by atomic mass is 35.5. The molecule has 3 heterocycles. The zero-order chi connectivity index (χ0) is 23.5. The SMILES string of the molecule is CC(C)c1c(C=CCN2CCN(c3cc(F)cc(F)c3)CC2)cnn1-c1nc(N)cc(Cl)n1. The van der Waals surface area contributed by atoms with Crippen molar-refractivity contribution in [2.75, 3.05) is 43.4 Å². The number of hydrogen-bond acceptors (Lipinski definition) is 6. The summed E-state index contributed by atoms with van der Waals surface area (Å²) < 4.78 is 28.7. The summed E-state index contributed by atoms with van der Waals surface area (Å²) in [6.07, 6.45) is 5.92. The van der Waals surface area contributed by atoms with E-state index in [0.717, 1.165) is 37.0 Å². The molecule has 1 aliphatic rings. The molecule has 4 rings (SSSR count). The number of halogens is 3. The van der Waals surface area contributed by atoms with Crippen LogP contribution < -0.4 is 10.6 Å². The fourth-order valence-electron chi connectivity index (χ4n) is 3.99. The van der Waals surface area contributed by atoms with Gasteiger partial charge in [0.15, 0.2) is 0 Å². The van der Waals surface area contributed by atoms with Crippen LogP contribution in [0.3, 0.4) is 0 Å². The van der Waals surface area contributed by atoms with E-state index in [2.05, 4.69) is 39.9 Å². The van der Waals surface area contributed by atoms with Crippen molar-refractivity contribution >= 4 is 29.2 Å². The third-order valence-corrected chi connectivity index (χ3v) is 5.71. The molecule has 0 radical (unpaired) electrons. The summed E-state index contributed by atoms with van der Waals surface area (Å²) in [6, 6.07) is 5.14. The average molecular weight is 474 g/mol. The topological polar surface area (TPSA) is 76.1 Å². The van der Waals surface area contributed by atoms with E-state index in [1.165, 1.54) is 18.2 Å². The number of hydrogen-bond donors (Lipinski definition) is 1. The molecule has 10 heteroatoms. The average Bonchev–Trinajstić information content (AvgIpc) is 3.17. The number of piperazine rings is 1. The molecule has 0 atom stereocenters. The van der Waals surface area contributed by atoms with E-state index in [0.29, 0.717) is 24.7 Å². The first kappa shape index (κ1) is 23.1. The molecule has 2 aromatic heterocycles. The number of aromatic nitrogens is 4. The second-order valence-corrected chi connectivity index (χ2v) is 8.67. The Labute approximate surface area is 196 Å². The predicted octanol–water partition coefficient (Wildman–Crippen LogP) is 4.13. The highest BCUT2D eigenvalue weighted by Crippen LogP contribution is 2.24. The van der Waals surface area contributed by atoms with Crippen molar-refractivity contribution in [2.45, 2.75) is 19.8 Å². The van der Waals surface area contributed by atoms with Gasteiger partial charge in [0.05, 0.1) is 11.9 Å². The van der Waals surface area contributed by atoms with Crippen molar-refractivity contribution in [3.8, 4) is 5.95 Å². The molecule has 0 bridgehead atoms. The van der Waals surface area contributed by atoms with E-state index in [-0.39, 0.29) is 16.9 Å². The predicted molar refractivity (Wildman–Crippen MR) is 127 cm³/mol. The number of nitrogens with zero attached hydrogens (tertiary/aromatic N) is 6. The van der Waals surface area contributed by atoms with Crippen LogP contribution in [-0.2, 0) is 0 Å². The van der Waals surface area contributed by atoms with E-state index < -0.39 is 11.6 Å². The molecule has 174 valence electrons. The molecule has 2 N–H and O–H groups in total. The summed E-state index contributed by atoms with van der Waals surface area (Å²) in [5, 5.41) is 4.72.